The minimum atomic E-state index is -0.613. The van der Waals surface area contributed by atoms with Crippen LogP contribution in [0.3, 0.4) is 0 Å². The molecule has 0 saturated heterocycles. The van der Waals surface area contributed by atoms with E-state index in [4.69, 9.17) is 24.2 Å². The normalized spacial score (nSPS) is 11.9. The molecule has 1 atom stereocenters. The first-order valence-electron chi connectivity index (χ1n) is 15.6. The number of ether oxygens (including phenoxy) is 3. The van der Waals surface area contributed by atoms with Crippen LogP contribution >= 0.6 is 0 Å². The van der Waals surface area contributed by atoms with E-state index >= 15 is 0 Å². The predicted octanol–water partition coefficient (Wildman–Crippen LogP) is 5.77. The fraction of sp³-hybridized carbons (Fsp3) is 0.250. The standard InChI is InChI=1S/C36H36N8O3.H2O/c1-6-12-31-38-32-22(2)17-25(36-37-26-15-10-11-16-27(26)43(36)3)20-28(32)44(31)21-23-18-29(45-4)34(30(19-23)46-5)47-33(35-39-41-42-40-35)24-13-8-7-9-14-24;/h7-11,13-20,33H,6,12,21H2,1-5H3,(H,39,40,41,42);1H2. The largest absolute Gasteiger partial charge is 0.493 e. The number of aromatic nitrogens is 8. The molecule has 3 aromatic heterocycles. The Morgan fingerprint density at radius 3 is 2.27 bits per heavy atom. The SMILES string of the molecule is CCCc1nc2c(C)cc(-c3nc4ccccc4n3C)cc2n1Cc1cc(OC)c(OC(c2ccccc2)c2nnn[nH]2)c(OC)c1.O. The maximum Gasteiger partial charge on any atom is 0.204 e. The molecular formula is C36H38N8O4. The van der Waals surface area contributed by atoms with Crippen LogP contribution < -0.4 is 14.2 Å². The van der Waals surface area contributed by atoms with Gasteiger partial charge in [0, 0.05) is 31.1 Å². The number of aryl methyl sites for hydroxylation is 3. The molecule has 0 saturated carbocycles. The van der Waals surface area contributed by atoms with Crippen LogP contribution in [0.2, 0.25) is 0 Å². The first-order chi connectivity index (χ1) is 23.0. The summed E-state index contributed by atoms with van der Waals surface area (Å²) in [5, 5.41) is 14.5. The lowest BCUT2D eigenvalue weighted by atomic mass is 10.1. The zero-order valence-electron chi connectivity index (χ0n) is 27.6. The van der Waals surface area contributed by atoms with Gasteiger partial charge in [0.25, 0.3) is 0 Å². The monoisotopic (exact) mass is 646 g/mol. The summed E-state index contributed by atoms with van der Waals surface area (Å²) in [6.45, 7) is 4.85. The molecule has 0 bridgehead atoms. The van der Waals surface area contributed by atoms with E-state index in [9.17, 15) is 0 Å². The molecule has 0 aliphatic rings. The highest BCUT2D eigenvalue weighted by Crippen LogP contribution is 2.42. The Morgan fingerprint density at radius 2 is 1.60 bits per heavy atom. The second kappa shape index (κ2) is 13.5. The van der Waals surface area contributed by atoms with Gasteiger partial charge in [0.1, 0.15) is 11.6 Å². The van der Waals surface area contributed by atoms with Gasteiger partial charge in [-0.25, -0.2) is 15.1 Å². The van der Waals surface area contributed by atoms with E-state index in [-0.39, 0.29) is 5.48 Å². The van der Waals surface area contributed by atoms with Crippen molar-refractivity contribution in [2.24, 2.45) is 7.05 Å². The van der Waals surface area contributed by atoms with Gasteiger partial charge in [-0.15, -0.1) is 5.10 Å². The summed E-state index contributed by atoms with van der Waals surface area (Å²) in [6, 6.07) is 26.3. The molecule has 0 spiro atoms. The number of benzene rings is 4. The molecule has 0 radical (unpaired) electrons. The van der Waals surface area contributed by atoms with E-state index in [1.807, 2.05) is 60.7 Å². The zero-order valence-corrected chi connectivity index (χ0v) is 27.6. The van der Waals surface area contributed by atoms with Crippen molar-refractivity contribution in [3.8, 4) is 28.6 Å². The van der Waals surface area contributed by atoms with Crippen molar-refractivity contribution in [2.75, 3.05) is 14.2 Å². The third-order valence-corrected chi connectivity index (χ3v) is 8.45. The van der Waals surface area contributed by atoms with Crippen LogP contribution in [0.25, 0.3) is 33.5 Å². The van der Waals surface area contributed by atoms with Crippen LogP contribution in [0.1, 0.15) is 47.8 Å². The number of fused-ring (bicyclic) bond motifs is 2. The van der Waals surface area contributed by atoms with Gasteiger partial charge in [0.05, 0.1) is 36.3 Å². The van der Waals surface area contributed by atoms with E-state index in [1.165, 1.54) is 0 Å². The van der Waals surface area contributed by atoms with E-state index in [2.05, 4.69) is 68.9 Å². The third kappa shape index (κ3) is 5.82. The maximum absolute atomic E-state index is 6.58. The van der Waals surface area contributed by atoms with Gasteiger partial charge in [-0.1, -0.05) is 49.4 Å². The van der Waals surface area contributed by atoms with Crippen molar-refractivity contribution in [3.05, 3.63) is 107 Å². The van der Waals surface area contributed by atoms with Crippen LogP contribution in [-0.4, -0.2) is 59.4 Å². The Morgan fingerprint density at radius 1 is 0.875 bits per heavy atom. The number of nitrogens with one attached hydrogen (secondary N) is 1. The zero-order chi connectivity index (χ0) is 32.5. The van der Waals surface area contributed by atoms with Gasteiger partial charge < -0.3 is 28.8 Å². The molecule has 3 heterocycles. The van der Waals surface area contributed by atoms with E-state index < -0.39 is 6.10 Å². The molecule has 0 aliphatic heterocycles. The van der Waals surface area contributed by atoms with Gasteiger partial charge in [-0.3, -0.25) is 0 Å². The summed E-state index contributed by atoms with van der Waals surface area (Å²) in [4.78, 5) is 10.1. The first kappa shape index (κ1) is 32.2. The molecule has 0 aliphatic carbocycles. The van der Waals surface area contributed by atoms with Crippen LogP contribution in [0.5, 0.6) is 17.2 Å². The minimum Gasteiger partial charge on any atom is -0.493 e. The molecule has 4 aromatic carbocycles. The van der Waals surface area contributed by atoms with Gasteiger partial charge in [0.2, 0.25) is 5.75 Å². The fourth-order valence-corrected chi connectivity index (χ4v) is 6.19. The van der Waals surface area contributed by atoms with Crippen LogP contribution in [0, 0.1) is 6.92 Å². The molecule has 7 rings (SSSR count). The Balaban J connectivity index is 0.00000401. The minimum absolute atomic E-state index is 0. The summed E-state index contributed by atoms with van der Waals surface area (Å²) in [6.07, 6.45) is 1.20. The first-order valence-corrected chi connectivity index (χ1v) is 15.6. The second-order valence-electron chi connectivity index (χ2n) is 11.5. The predicted molar refractivity (Wildman–Crippen MR) is 184 cm³/mol. The summed E-state index contributed by atoms with van der Waals surface area (Å²) >= 11 is 0. The quantitative estimate of drug-likeness (QED) is 0.186. The number of nitrogens with zero attached hydrogens (tertiary/aromatic N) is 7. The Bertz CT molecular complexity index is 2150. The fourth-order valence-electron chi connectivity index (χ4n) is 6.19. The molecule has 1 unspecified atom stereocenters. The van der Waals surface area contributed by atoms with Crippen molar-refractivity contribution in [2.45, 2.75) is 39.3 Å². The maximum atomic E-state index is 6.58. The highest BCUT2D eigenvalue weighted by molar-refractivity contribution is 5.87. The summed E-state index contributed by atoms with van der Waals surface area (Å²) in [7, 11) is 5.31. The molecule has 3 N–H and O–H groups in total. The van der Waals surface area contributed by atoms with Crippen LogP contribution in [-0.2, 0) is 20.0 Å². The summed E-state index contributed by atoms with van der Waals surface area (Å²) < 4.78 is 22.8. The molecule has 246 valence electrons. The number of rotatable bonds is 11. The molecule has 48 heavy (non-hydrogen) atoms. The van der Waals surface area contributed by atoms with E-state index in [0.717, 1.165) is 68.8 Å². The summed E-state index contributed by atoms with van der Waals surface area (Å²) in [5.74, 6) is 3.92. The van der Waals surface area contributed by atoms with Gasteiger partial charge in [0.15, 0.2) is 23.4 Å². The molecule has 12 heteroatoms. The number of imidazole rings is 2. The number of H-pyrrole nitrogens is 1. The lowest BCUT2D eigenvalue weighted by Gasteiger charge is -2.21. The molecule has 12 nitrogen and oxygen atoms in total. The Labute approximate surface area is 277 Å². The third-order valence-electron chi connectivity index (χ3n) is 8.45. The lowest BCUT2D eigenvalue weighted by Crippen LogP contribution is -2.13. The number of tetrazole rings is 1. The number of methoxy groups -OCH3 is 2. The molecular weight excluding hydrogens is 608 g/mol. The Hall–Kier alpha value is -5.75. The Kier molecular flexibility index (Phi) is 9.08. The van der Waals surface area contributed by atoms with Crippen molar-refractivity contribution >= 4 is 22.1 Å². The van der Waals surface area contributed by atoms with Crippen LogP contribution in [0.15, 0.2) is 78.9 Å². The molecule has 0 amide bonds. The van der Waals surface area contributed by atoms with E-state index in [0.29, 0.717) is 29.6 Å². The smallest absolute Gasteiger partial charge is 0.204 e. The highest BCUT2D eigenvalue weighted by atomic mass is 16.5. The van der Waals surface area contributed by atoms with Crippen molar-refractivity contribution < 1.29 is 19.7 Å². The second-order valence-corrected chi connectivity index (χ2v) is 11.5. The van der Waals surface area contributed by atoms with Crippen molar-refractivity contribution in [3.63, 3.8) is 0 Å². The number of hydrogen-bond acceptors (Lipinski definition) is 8. The van der Waals surface area contributed by atoms with E-state index in [1.54, 1.807) is 14.2 Å². The molecule has 0 fully saturated rings. The van der Waals surface area contributed by atoms with Gasteiger partial charge >= 0.3 is 0 Å². The molecule has 7 aromatic rings. The van der Waals surface area contributed by atoms with Gasteiger partial charge in [-0.05, 0) is 71.3 Å². The number of hydrogen-bond donors (Lipinski definition) is 1. The topological polar surface area (TPSA) is 149 Å². The average Bonchev–Trinajstić information content (AvgIpc) is 3.83. The van der Waals surface area contributed by atoms with Gasteiger partial charge in [-0.2, -0.15) is 0 Å². The average molecular weight is 647 g/mol. The van der Waals surface area contributed by atoms with Crippen molar-refractivity contribution in [1.82, 2.24) is 39.7 Å². The lowest BCUT2D eigenvalue weighted by molar-refractivity contribution is 0.213. The number of para-hydroxylation sites is 2. The summed E-state index contributed by atoms with van der Waals surface area (Å²) in [5.41, 5.74) is 8.11. The van der Waals surface area contributed by atoms with Crippen LogP contribution in [0.4, 0.5) is 0 Å². The highest BCUT2D eigenvalue weighted by Gasteiger charge is 2.25. The number of aromatic amines is 1. The van der Waals surface area contributed by atoms with Crippen molar-refractivity contribution in [1.29, 1.82) is 0 Å².